The molecule has 1 amide bonds. The molecule has 1 fully saturated rings. The van der Waals surface area contributed by atoms with Crippen LogP contribution in [-0.2, 0) is 14.3 Å². The zero-order chi connectivity index (χ0) is 17.9. The molecule has 140 valence electrons. The molecule has 5 heteroatoms. The number of unbranched alkanes of at least 4 members (excludes halogenated alkanes) is 1. The van der Waals surface area contributed by atoms with Crippen LogP contribution in [0, 0.1) is 17.8 Å². The maximum Gasteiger partial charge on any atom is 0.310 e. The van der Waals surface area contributed by atoms with Crippen molar-refractivity contribution >= 4 is 11.9 Å². The molecule has 0 spiro atoms. The highest BCUT2D eigenvalue weighted by molar-refractivity contribution is 5.80. The van der Waals surface area contributed by atoms with Crippen LogP contribution in [0.3, 0.4) is 0 Å². The Balaban J connectivity index is 2.56. The number of carbonyl (C=O) groups is 2. The standard InChI is InChI=1S/C19H35NO4/c1-4-5-7-16-8-10-17(11-9-16)18(22)20(12-6-13-21)14-15(2)19(23)24-3/h15-17,21H,4-14H2,1-3H3. The molecule has 0 heterocycles. The molecule has 24 heavy (non-hydrogen) atoms. The Morgan fingerprint density at radius 3 is 2.42 bits per heavy atom. The van der Waals surface area contributed by atoms with Crippen LogP contribution in [0.4, 0.5) is 0 Å². The second kappa shape index (κ2) is 11.5. The van der Waals surface area contributed by atoms with E-state index in [4.69, 9.17) is 9.84 Å². The summed E-state index contributed by atoms with van der Waals surface area (Å²) in [6.45, 7) is 4.94. The summed E-state index contributed by atoms with van der Waals surface area (Å²) in [7, 11) is 1.37. The van der Waals surface area contributed by atoms with E-state index in [9.17, 15) is 9.59 Å². The van der Waals surface area contributed by atoms with E-state index < -0.39 is 0 Å². The van der Waals surface area contributed by atoms with Crippen molar-refractivity contribution in [1.82, 2.24) is 4.90 Å². The van der Waals surface area contributed by atoms with Gasteiger partial charge in [-0.1, -0.05) is 33.1 Å². The Morgan fingerprint density at radius 2 is 1.88 bits per heavy atom. The highest BCUT2D eigenvalue weighted by Gasteiger charge is 2.30. The molecule has 0 radical (unpaired) electrons. The van der Waals surface area contributed by atoms with Crippen molar-refractivity contribution in [1.29, 1.82) is 0 Å². The molecule has 1 aliphatic carbocycles. The van der Waals surface area contributed by atoms with Crippen LogP contribution in [0.25, 0.3) is 0 Å². The molecular weight excluding hydrogens is 306 g/mol. The monoisotopic (exact) mass is 341 g/mol. The van der Waals surface area contributed by atoms with Crippen molar-refractivity contribution in [3.8, 4) is 0 Å². The summed E-state index contributed by atoms with van der Waals surface area (Å²) >= 11 is 0. The largest absolute Gasteiger partial charge is 0.469 e. The second-order valence-electron chi connectivity index (χ2n) is 7.15. The first-order valence-electron chi connectivity index (χ1n) is 9.50. The van der Waals surface area contributed by atoms with Crippen molar-refractivity contribution in [3.05, 3.63) is 0 Å². The van der Waals surface area contributed by atoms with Crippen LogP contribution < -0.4 is 0 Å². The van der Waals surface area contributed by atoms with Crippen LogP contribution in [0.15, 0.2) is 0 Å². The molecule has 1 N–H and O–H groups in total. The second-order valence-corrected chi connectivity index (χ2v) is 7.15. The summed E-state index contributed by atoms with van der Waals surface area (Å²) < 4.78 is 4.77. The third kappa shape index (κ3) is 6.80. The minimum Gasteiger partial charge on any atom is -0.469 e. The maximum absolute atomic E-state index is 12.9. The zero-order valence-electron chi connectivity index (χ0n) is 15.6. The lowest BCUT2D eigenvalue weighted by molar-refractivity contribution is -0.147. The van der Waals surface area contributed by atoms with Gasteiger partial charge in [-0.3, -0.25) is 9.59 Å². The van der Waals surface area contributed by atoms with Crippen molar-refractivity contribution < 1.29 is 19.4 Å². The van der Waals surface area contributed by atoms with Gasteiger partial charge in [0.15, 0.2) is 0 Å². The molecule has 0 aliphatic heterocycles. The van der Waals surface area contributed by atoms with Gasteiger partial charge in [-0.15, -0.1) is 0 Å². The van der Waals surface area contributed by atoms with E-state index in [0.717, 1.165) is 31.6 Å². The predicted molar refractivity (Wildman–Crippen MR) is 94.4 cm³/mol. The predicted octanol–water partition coefficient (Wildman–Crippen LogP) is 3.00. The molecule has 0 aromatic carbocycles. The summed E-state index contributed by atoms with van der Waals surface area (Å²) in [5.41, 5.74) is 0. The van der Waals surface area contributed by atoms with Gasteiger partial charge in [0.1, 0.15) is 0 Å². The third-order valence-corrected chi connectivity index (χ3v) is 5.16. The van der Waals surface area contributed by atoms with Crippen LogP contribution in [0.1, 0.15) is 65.2 Å². The quantitative estimate of drug-likeness (QED) is 0.620. The lowest BCUT2D eigenvalue weighted by Gasteiger charge is -2.33. The molecular formula is C19H35NO4. The molecule has 1 unspecified atom stereocenters. The van der Waals surface area contributed by atoms with Gasteiger partial charge in [-0.05, 0) is 38.0 Å². The molecule has 1 saturated carbocycles. The van der Waals surface area contributed by atoms with Gasteiger partial charge in [0.05, 0.1) is 13.0 Å². The van der Waals surface area contributed by atoms with Gasteiger partial charge in [0.2, 0.25) is 5.91 Å². The van der Waals surface area contributed by atoms with Crippen molar-refractivity contribution in [2.24, 2.45) is 17.8 Å². The number of rotatable bonds is 10. The van der Waals surface area contributed by atoms with Gasteiger partial charge in [-0.25, -0.2) is 0 Å². The fourth-order valence-electron chi connectivity index (χ4n) is 3.61. The average molecular weight is 341 g/mol. The van der Waals surface area contributed by atoms with Crippen molar-refractivity contribution in [2.75, 3.05) is 26.8 Å². The number of aliphatic hydroxyl groups is 1. The molecule has 0 saturated heterocycles. The number of amides is 1. The van der Waals surface area contributed by atoms with E-state index in [0.29, 0.717) is 19.5 Å². The van der Waals surface area contributed by atoms with E-state index in [-0.39, 0.29) is 30.3 Å². The lowest BCUT2D eigenvalue weighted by Crippen LogP contribution is -2.42. The third-order valence-electron chi connectivity index (χ3n) is 5.16. The van der Waals surface area contributed by atoms with E-state index in [1.165, 1.54) is 26.4 Å². The number of ether oxygens (including phenoxy) is 1. The Hall–Kier alpha value is -1.10. The SMILES string of the molecule is CCCCC1CCC(C(=O)N(CCCO)CC(C)C(=O)OC)CC1. The summed E-state index contributed by atoms with van der Waals surface area (Å²) in [4.78, 5) is 26.3. The number of nitrogens with zero attached hydrogens (tertiary/aromatic N) is 1. The zero-order valence-corrected chi connectivity index (χ0v) is 15.6. The summed E-state index contributed by atoms with van der Waals surface area (Å²) in [5, 5.41) is 9.08. The maximum atomic E-state index is 12.9. The van der Waals surface area contributed by atoms with Gasteiger partial charge in [-0.2, -0.15) is 0 Å². The molecule has 1 aliphatic rings. The summed E-state index contributed by atoms with van der Waals surface area (Å²) in [5.74, 6) is 0.368. The number of esters is 1. The molecule has 1 rings (SSSR count). The number of hydrogen-bond acceptors (Lipinski definition) is 4. The average Bonchev–Trinajstić information content (AvgIpc) is 2.62. The van der Waals surface area contributed by atoms with E-state index >= 15 is 0 Å². The Kier molecular flexibility index (Phi) is 9.99. The fourth-order valence-corrected chi connectivity index (χ4v) is 3.61. The molecule has 0 bridgehead atoms. The highest BCUT2D eigenvalue weighted by Crippen LogP contribution is 2.33. The number of carbonyl (C=O) groups excluding carboxylic acids is 2. The van der Waals surface area contributed by atoms with Gasteiger partial charge in [0, 0.05) is 25.6 Å². The van der Waals surface area contributed by atoms with E-state index in [2.05, 4.69) is 6.92 Å². The van der Waals surface area contributed by atoms with Crippen LogP contribution >= 0.6 is 0 Å². The van der Waals surface area contributed by atoms with Crippen LogP contribution in [0.2, 0.25) is 0 Å². The lowest BCUT2D eigenvalue weighted by atomic mass is 9.79. The van der Waals surface area contributed by atoms with Crippen LogP contribution in [0.5, 0.6) is 0 Å². The molecule has 1 atom stereocenters. The molecule has 5 nitrogen and oxygen atoms in total. The molecule has 0 aromatic rings. The smallest absolute Gasteiger partial charge is 0.310 e. The Bertz CT molecular complexity index is 378. The number of hydrogen-bond donors (Lipinski definition) is 1. The van der Waals surface area contributed by atoms with Crippen LogP contribution in [-0.4, -0.2) is 48.7 Å². The summed E-state index contributed by atoms with van der Waals surface area (Å²) in [6.07, 6.45) is 8.52. The first-order chi connectivity index (χ1) is 11.5. The Morgan fingerprint density at radius 1 is 1.21 bits per heavy atom. The highest BCUT2D eigenvalue weighted by atomic mass is 16.5. The van der Waals surface area contributed by atoms with Gasteiger partial charge in [0.25, 0.3) is 0 Å². The fraction of sp³-hybridized carbons (Fsp3) is 0.895. The van der Waals surface area contributed by atoms with E-state index in [1.807, 2.05) is 0 Å². The molecule has 0 aromatic heterocycles. The minimum atomic E-state index is -0.335. The number of aliphatic hydroxyl groups excluding tert-OH is 1. The summed E-state index contributed by atoms with van der Waals surface area (Å²) in [6, 6.07) is 0. The first-order valence-corrected chi connectivity index (χ1v) is 9.50. The number of methoxy groups -OCH3 is 1. The Labute approximate surface area is 146 Å². The van der Waals surface area contributed by atoms with Crippen molar-refractivity contribution in [3.63, 3.8) is 0 Å². The first kappa shape index (κ1) is 20.9. The van der Waals surface area contributed by atoms with E-state index in [1.54, 1.807) is 11.8 Å². The minimum absolute atomic E-state index is 0.0557. The normalized spacial score (nSPS) is 22.0. The van der Waals surface area contributed by atoms with Gasteiger partial charge < -0.3 is 14.7 Å². The topological polar surface area (TPSA) is 66.8 Å². The van der Waals surface area contributed by atoms with Gasteiger partial charge >= 0.3 is 5.97 Å². The van der Waals surface area contributed by atoms with Crippen molar-refractivity contribution in [2.45, 2.75) is 65.2 Å².